The van der Waals surface area contributed by atoms with E-state index in [0.717, 1.165) is 32.8 Å². The number of morpholine rings is 1. The summed E-state index contributed by atoms with van der Waals surface area (Å²) in [6.45, 7) is 11.4. The Hall–Kier alpha value is -1.14. The molecule has 2 aliphatic heterocycles. The van der Waals surface area contributed by atoms with E-state index in [2.05, 4.69) is 10.2 Å². The van der Waals surface area contributed by atoms with Crippen molar-refractivity contribution >= 4 is 11.8 Å². The Morgan fingerprint density at radius 3 is 2.57 bits per heavy atom. The van der Waals surface area contributed by atoms with Gasteiger partial charge in [0.15, 0.2) is 0 Å². The maximum absolute atomic E-state index is 12.2. The second-order valence-corrected chi connectivity index (χ2v) is 6.82. The van der Waals surface area contributed by atoms with Gasteiger partial charge in [-0.25, -0.2) is 0 Å². The third kappa shape index (κ3) is 4.41. The number of carbonyl (C=O) groups is 2. The molecule has 0 spiro atoms. The van der Waals surface area contributed by atoms with Crippen LogP contribution in [-0.2, 0) is 14.3 Å². The normalized spacial score (nSPS) is 24.4. The number of hydrogen-bond acceptors (Lipinski definition) is 4. The standard InChI is InChI=1S/C15H27N3O3/c1-15(2,3)18-11-12(10-13(18)19)14(20)16-4-5-17-6-8-21-9-7-17/h12H,4-11H2,1-3H3,(H,16,20)/t12-/m1/s1. The Balaban J connectivity index is 1.73. The van der Waals surface area contributed by atoms with Crippen LogP contribution >= 0.6 is 0 Å². The molecule has 2 rings (SSSR count). The molecule has 6 heteroatoms. The number of ether oxygens (including phenoxy) is 1. The lowest BCUT2D eigenvalue weighted by atomic mass is 10.1. The van der Waals surface area contributed by atoms with Crippen LogP contribution in [0.15, 0.2) is 0 Å². The predicted molar refractivity (Wildman–Crippen MR) is 79.8 cm³/mol. The van der Waals surface area contributed by atoms with Crippen molar-refractivity contribution in [1.29, 1.82) is 0 Å². The van der Waals surface area contributed by atoms with Gasteiger partial charge < -0.3 is 15.0 Å². The first kappa shape index (κ1) is 16.2. The van der Waals surface area contributed by atoms with Crippen LogP contribution in [0.4, 0.5) is 0 Å². The molecule has 0 bridgehead atoms. The largest absolute Gasteiger partial charge is 0.379 e. The average Bonchev–Trinajstić information content (AvgIpc) is 2.82. The van der Waals surface area contributed by atoms with Crippen molar-refractivity contribution in [1.82, 2.24) is 15.1 Å². The van der Waals surface area contributed by atoms with E-state index < -0.39 is 0 Å². The van der Waals surface area contributed by atoms with Crippen LogP contribution in [-0.4, -0.2) is 73.1 Å². The SMILES string of the molecule is CC(C)(C)N1C[C@H](C(=O)NCCN2CCOCC2)CC1=O. The lowest BCUT2D eigenvalue weighted by Crippen LogP contribution is -2.44. The maximum Gasteiger partial charge on any atom is 0.225 e. The van der Waals surface area contributed by atoms with E-state index in [1.165, 1.54) is 0 Å². The average molecular weight is 297 g/mol. The van der Waals surface area contributed by atoms with Gasteiger partial charge in [-0.15, -0.1) is 0 Å². The second-order valence-electron chi connectivity index (χ2n) is 6.82. The molecule has 0 aromatic heterocycles. The van der Waals surface area contributed by atoms with Gasteiger partial charge in [-0.2, -0.15) is 0 Å². The summed E-state index contributed by atoms with van der Waals surface area (Å²) in [7, 11) is 0. The first-order valence-corrected chi connectivity index (χ1v) is 7.76. The molecule has 0 radical (unpaired) electrons. The molecule has 2 saturated heterocycles. The molecule has 21 heavy (non-hydrogen) atoms. The van der Waals surface area contributed by atoms with E-state index in [1.54, 1.807) is 4.90 Å². The Kier molecular flexibility index (Phi) is 5.22. The topological polar surface area (TPSA) is 61.9 Å². The molecule has 1 atom stereocenters. The van der Waals surface area contributed by atoms with Gasteiger partial charge >= 0.3 is 0 Å². The molecule has 1 N–H and O–H groups in total. The van der Waals surface area contributed by atoms with Gasteiger partial charge in [0.05, 0.1) is 19.1 Å². The number of nitrogens with zero attached hydrogens (tertiary/aromatic N) is 2. The van der Waals surface area contributed by atoms with Gasteiger partial charge in [0, 0.05) is 44.7 Å². The molecule has 2 aliphatic rings. The van der Waals surface area contributed by atoms with E-state index in [1.807, 2.05) is 20.8 Å². The molecule has 2 heterocycles. The lowest BCUT2D eigenvalue weighted by Gasteiger charge is -2.32. The number of rotatable bonds is 4. The molecule has 0 aromatic carbocycles. The highest BCUT2D eigenvalue weighted by molar-refractivity contribution is 5.89. The second kappa shape index (κ2) is 6.75. The third-order valence-corrected chi connectivity index (χ3v) is 4.14. The summed E-state index contributed by atoms with van der Waals surface area (Å²) >= 11 is 0. The number of carbonyl (C=O) groups excluding carboxylic acids is 2. The summed E-state index contributed by atoms with van der Waals surface area (Å²) in [6, 6.07) is 0. The van der Waals surface area contributed by atoms with Crippen molar-refractivity contribution in [2.75, 3.05) is 45.9 Å². The van der Waals surface area contributed by atoms with Crippen LogP contribution in [0.25, 0.3) is 0 Å². The first-order valence-electron chi connectivity index (χ1n) is 7.76. The zero-order valence-electron chi connectivity index (χ0n) is 13.4. The number of likely N-dealkylation sites (tertiary alicyclic amines) is 1. The number of amides is 2. The van der Waals surface area contributed by atoms with Crippen LogP contribution in [0.3, 0.4) is 0 Å². The summed E-state index contributed by atoms with van der Waals surface area (Å²) in [5.41, 5.74) is -0.208. The first-order chi connectivity index (χ1) is 9.88. The highest BCUT2D eigenvalue weighted by Crippen LogP contribution is 2.25. The van der Waals surface area contributed by atoms with Crippen molar-refractivity contribution in [2.24, 2.45) is 5.92 Å². The summed E-state index contributed by atoms with van der Waals surface area (Å²) in [5.74, 6) is -0.124. The Labute approximate surface area is 126 Å². The van der Waals surface area contributed by atoms with E-state index in [-0.39, 0.29) is 23.3 Å². The molecular weight excluding hydrogens is 270 g/mol. The summed E-state index contributed by atoms with van der Waals surface area (Å²) in [6.07, 6.45) is 0.334. The quantitative estimate of drug-likeness (QED) is 0.798. The summed E-state index contributed by atoms with van der Waals surface area (Å²) in [4.78, 5) is 28.2. The van der Waals surface area contributed by atoms with Crippen molar-refractivity contribution in [3.8, 4) is 0 Å². The van der Waals surface area contributed by atoms with Crippen LogP contribution in [0.2, 0.25) is 0 Å². The highest BCUT2D eigenvalue weighted by atomic mass is 16.5. The zero-order chi connectivity index (χ0) is 15.5. The molecule has 2 fully saturated rings. The van der Waals surface area contributed by atoms with E-state index in [9.17, 15) is 9.59 Å². The summed E-state index contributed by atoms with van der Waals surface area (Å²) in [5, 5.41) is 2.96. The smallest absolute Gasteiger partial charge is 0.225 e. The Bertz CT molecular complexity index is 386. The lowest BCUT2D eigenvalue weighted by molar-refractivity contribution is -0.132. The number of nitrogens with one attached hydrogen (secondary N) is 1. The van der Waals surface area contributed by atoms with Gasteiger partial charge in [0.25, 0.3) is 0 Å². The van der Waals surface area contributed by atoms with Crippen LogP contribution in [0, 0.1) is 5.92 Å². The summed E-state index contributed by atoms with van der Waals surface area (Å²) < 4.78 is 5.29. The minimum atomic E-state index is -0.208. The van der Waals surface area contributed by atoms with Crippen LogP contribution < -0.4 is 5.32 Å². The van der Waals surface area contributed by atoms with Gasteiger partial charge in [-0.05, 0) is 20.8 Å². The molecule has 0 aromatic rings. The van der Waals surface area contributed by atoms with Gasteiger partial charge in [0.1, 0.15) is 0 Å². The molecule has 120 valence electrons. The third-order valence-electron chi connectivity index (χ3n) is 4.14. The Morgan fingerprint density at radius 2 is 2.00 bits per heavy atom. The van der Waals surface area contributed by atoms with Gasteiger partial charge in [-0.1, -0.05) is 0 Å². The minimum Gasteiger partial charge on any atom is -0.379 e. The zero-order valence-corrected chi connectivity index (χ0v) is 13.4. The van der Waals surface area contributed by atoms with E-state index in [4.69, 9.17) is 4.74 Å². The maximum atomic E-state index is 12.2. The van der Waals surface area contributed by atoms with Crippen molar-refractivity contribution < 1.29 is 14.3 Å². The van der Waals surface area contributed by atoms with Crippen LogP contribution in [0.5, 0.6) is 0 Å². The molecular formula is C15H27N3O3. The molecule has 6 nitrogen and oxygen atoms in total. The van der Waals surface area contributed by atoms with Crippen molar-refractivity contribution in [3.63, 3.8) is 0 Å². The molecule has 0 unspecified atom stereocenters. The highest BCUT2D eigenvalue weighted by Gasteiger charge is 2.39. The fraction of sp³-hybridized carbons (Fsp3) is 0.867. The van der Waals surface area contributed by atoms with Crippen molar-refractivity contribution in [2.45, 2.75) is 32.7 Å². The van der Waals surface area contributed by atoms with E-state index >= 15 is 0 Å². The Morgan fingerprint density at radius 1 is 1.33 bits per heavy atom. The molecule has 0 aliphatic carbocycles. The van der Waals surface area contributed by atoms with E-state index in [0.29, 0.717) is 19.5 Å². The minimum absolute atomic E-state index is 0.00311. The monoisotopic (exact) mass is 297 g/mol. The molecule has 2 amide bonds. The van der Waals surface area contributed by atoms with Crippen molar-refractivity contribution in [3.05, 3.63) is 0 Å². The molecule has 0 saturated carbocycles. The predicted octanol–water partition coefficient (Wildman–Crippen LogP) is 0.0818. The van der Waals surface area contributed by atoms with Gasteiger partial charge in [0.2, 0.25) is 11.8 Å². The fourth-order valence-electron chi connectivity index (χ4n) is 2.84. The fourth-order valence-corrected chi connectivity index (χ4v) is 2.84. The van der Waals surface area contributed by atoms with Crippen LogP contribution in [0.1, 0.15) is 27.2 Å². The van der Waals surface area contributed by atoms with Gasteiger partial charge in [-0.3, -0.25) is 14.5 Å². The number of hydrogen-bond donors (Lipinski definition) is 1.